The maximum absolute atomic E-state index is 12.4. The van der Waals surface area contributed by atoms with Gasteiger partial charge in [0.1, 0.15) is 12.0 Å². The molecule has 0 saturated carbocycles. The Balaban J connectivity index is 1.52. The van der Waals surface area contributed by atoms with Gasteiger partial charge < -0.3 is 14.6 Å². The Morgan fingerprint density at radius 2 is 2.38 bits per heavy atom. The molecule has 3 atom stereocenters. The lowest BCUT2D eigenvalue weighted by atomic mass is 9.97. The zero-order valence-electron chi connectivity index (χ0n) is 11.5. The first-order valence-corrected chi connectivity index (χ1v) is 7.63. The maximum Gasteiger partial charge on any atom is 0.270 e. The van der Waals surface area contributed by atoms with Gasteiger partial charge in [-0.3, -0.25) is 4.79 Å². The van der Waals surface area contributed by atoms with Crippen molar-refractivity contribution in [3.63, 3.8) is 0 Å². The van der Waals surface area contributed by atoms with Crippen LogP contribution in [0.15, 0.2) is 22.9 Å². The van der Waals surface area contributed by atoms with Crippen LogP contribution < -0.4 is 5.32 Å². The van der Waals surface area contributed by atoms with E-state index in [0.717, 1.165) is 30.8 Å². The molecule has 2 aromatic heterocycles. The molecule has 1 amide bonds. The van der Waals surface area contributed by atoms with E-state index in [-0.39, 0.29) is 11.9 Å². The summed E-state index contributed by atoms with van der Waals surface area (Å²) in [4.78, 5) is 18.9. The van der Waals surface area contributed by atoms with Crippen LogP contribution in [0.25, 0.3) is 11.0 Å². The Kier molecular flexibility index (Phi) is 3.12. The van der Waals surface area contributed by atoms with Crippen molar-refractivity contribution in [2.75, 3.05) is 19.6 Å². The maximum atomic E-state index is 12.4. The number of nitrogens with zero attached hydrogens (tertiary/aromatic N) is 2. The minimum atomic E-state index is -0.137. The fourth-order valence-corrected chi connectivity index (χ4v) is 3.64. The van der Waals surface area contributed by atoms with Crippen LogP contribution in [0.2, 0.25) is 5.02 Å². The number of furan rings is 1. The third-order valence-corrected chi connectivity index (χ3v) is 4.74. The molecule has 2 saturated heterocycles. The number of hydrogen-bond donors (Lipinski definition) is 1. The molecule has 1 N–H and O–H groups in total. The summed E-state index contributed by atoms with van der Waals surface area (Å²) >= 11 is 6.03. The van der Waals surface area contributed by atoms with E-state index in [1.807, 2.05) is 0 Å². The van der Waals surface area contributed by atoms with E-state index in [9.17, 15) is 4.79 Å². The number of fused-ring (bicyclic) bond motifs is 3. The van der Waals surface area contributed by atoms with Gasteiger partial charge in [0, 0.05) is 24.5 Å². The van der Waals surface area contributed by atoms with Crippen LogP contribution in [0.5, 0.6) is 0 Å². The number of hydrogen-bond acceptors (Lipinski definition) is 4. The molecule has 4 heterocycles. The number of aromatic nitrogens is 1. The fraction of sp³-hybridized carbons (Fsp3) is 0.467. The number of rotatable bonds is 2. The van der Waals surface area contributed by atoms with Crippen LogP contribution >= 0.6 is 11.6 Å². The molecule has 0 radical (unpaired) electrons. The van der Waals surface area contributed by atoms with Gasteiger partial charge in [0.15, 0.2) is 5.58 Å². The van der Waals surface area contributed by atoms with Crippen molar-refractivity contribution in [3.05, 3.63) is 29.2 Å². The van der Waals surface area contributed by atoms with E-state index in [4.69, 9.17) is 16.0 Å². The highest BCUT2D eigenvalue weighted by molar-refractivity contribution is 6.35. The average molecular weight is 306 g/mol. The van der Waals surface area contributed by atoms with Gasteiger partial charge in [-0.05, 0) is 31.4 Å². The van der Waals surface area contributed by atoms with Gasteiger partial charge in [0.2, 0.25) is 0 Å². The van der Waals surface area contributed by atoms with E-state index in [1.54, 1.807) is 12.3 Å². The summed E-state index contributed by atoms with van der Waals surface area (Å²) in [6.07, 6.45) is 5.32. The Labute approximate surface area is 127 Å². The molecule has 6 heteroatoms. The predicted octanol–water partition coefficient (Wildman–Crippen LogP) is 2.31. The van der Waals surface area contributed by atoms with Crippen molar-refractivity contribution in [1.29, 1.82) is 0 Å². The smallest absolute Gasteiger partial charge is 0.270 e. The summed E-state index contributed by atoms with van der Waals surface area (Å²) < 4.78 is 5.24. The molecule has 2 bridgehead atoms. The Hall–Kier alpha value is -1.59. The van der Waals surface area contributed by atoms with E-state index in [2.05, 4.69) is 15.2 Å². The number of nitrogens with one attached hydrogen (secondary N) is 1. The molecule has 2 aromatic rings. The number of amides is 1. The Morgan fingerprint density at radius 1 is 1.48 bits per heavy atom. The molecule has 110 valence electrons. The van der Waals surface area contributed by atoms with Gasteiger partial charge in [0.05, 0.1) is 11.2 Å². The Bertz CT molecular complexity index is 687. The summed E-state index contributed by atoms with van der Waals surface area (Å²) in [7, 11) is 0. The second-order valence-corrected chi connectivity index (χ2v) is 6.38. The van der Waals surface area contributed by atoms with Crippen LogP contribution in [-0.2, 0) is 0 Å². The second-order valence-electron chi connectivity index (χ2n) is 5.97. The summed E-state index contributed by atoms with van der Waals surface area (Å²) in [5, 5.41) is 4.32. The zero-order chi connectivity index (χ0) is 14.4. The van der Waals surface area contributed by atoms with Crippen molar-refractivity contribution >= 4 is 28.5 Å². The Morgan fingerprint density at radius 3 is 3.24 bits per heavy atom. The van der Waals surface area contributed by atoms with Crippen molar-refractivity contribution in [1.82, 2.24) is 15.2 Å². The SMILES string of the molecule is O=C(NC1CC2CCN(C2)C1)c1cc2c(Cl)coc2cn1. The number of pyridine rings is 1. The zero-order valence-corrected chi connectivity index (χ0v) is 12.3. The first-order chi connectivity index (χ1) is 10.2. The van der Waals surface area contributed by atoms with Gasteiger partial charge in [0.25, 0.3) is 5.91 Å². The van der Waals surface area contributed by atoms with Gasteiger partial charge in [-0.25, -0.2) is 4.98 Å². The molecule has 5 nitrogen and oxygen atoms in total. The van der Waals surface area contributed by atoms with E-state index < -0.39 is 0 Å². The van der Waals surface area contributed by atoms with Crippen molar-refractivity contribution in [2.45, 2.75) is 18.9 Å². The van der Waals surface area contributed by atoms with Crippen molar-refractivity contribution < 1.29 is 9.21 Å². The first kappa shape index (κ1) is 13.1. The molecule has 0 aliphatic carbocycles. The van der Waals surface area contributed by atoms with E-state index in [0.29, 0.717) is 16.3 Å². The standard InChI is InChI=1S/C15H16ClN3O2/c16-12-8-21-14-5-17-13(4-11(12)14)15(20)18-10-3-9-1-2-19(6-9)7-10/h4-5,8-10H,1-3,6-7H2,(H,18,20). The van der Waals surface area contributed by atoms with Gasteiger partial charge in [-0.2, -0.15) is 0 Å². The highest BCUT2D eigenvalue weighted by atomic mass is 35.5. The molecule has 2 aliphatic rings. The molecule has 0 aromatic carbocycles. The third kappa shape index (κ3) is 2.40. The molecule has 3 unspecified atom stereocenters. The normalized spacial score (nSPS) is 28.0. The number of piperidine rings is 1. The average Bonchev–Trinajstić information content (AvgIpc) is 3.02. The largest absolute Gasteiger partial charge is 0.461 e. The minimum absolute atomic E-state index is 0.137. The summed E-state index contributed by atoms with van der Waals surface area (Å²) in [5.41, 5.74) is 0.983. The van der Waals surface area contributed by atoms with Gasteiger partial charge in [-0.15, -0.1) is 0 Å². The fourth-order valence-electron chi connectivity index (χ4n) is 3.45. The summed E-state index contributed by atoms with van der Waals surface area (Å²) in [6, 6.07) is 1.91. The van der Waals surface area contributed by atoms with Crippen molar-refractivity contribution in [3.8, 4) is 0 Å². The molecule has 0 spiro atoms. The molecule has 4 rings (SSSR count). The predicted molar refractivity (Wildman–Crippen MR) is 79.4 cm³/mol. The highest BCUT2D eigenvalue weighted by Gasteiger charge is 2.33. The highest BCUT2D eigenvalue weighted by Crippen LogP contribution is 2.27. The van der Waals surface area contributed by atoms with Crippen LogP contribution in [0.4, 0.5) is 0 Å². The number of halogens is 1. The lowest BCUT2D eigenvalue weighted by Gasteiger charge is -2.30. The summed E-state index contributed by atoms with van der Waals surface area (Å²) in [5.74, 6) is 0.587. The molecular weight excluding hydrogens is 290 g/mol. The molecule has 2 fully saturated rings. The number of carbonyl (C=O) groups is 1. The number of carbonyl (C=O) groups excluding carboxylic acids is 1. The van der Waals surface area contributed by atoms with Crippen LogP contribution in [0.1, 0.15) is 23.3 Å². The molecular formula is C15H16ClN3O2. The van der Waals surface area contributed by atoms with Crippen LogP contribution in [0.3, 0.4) is 0 Å². The van der Waals surface area contributed by atoms with E-state index >= 15 is 0 Å². The monoisotopic (exact) mass is 305 g/mol. The molecule has 2 aliphatic heterocycles. The lowest BCUT2D eigenvalue weighted by Crippen LogP contribution is -2.47. The summed E-state index contributed by atoms with van der Waals surface area (Å²) in [6.45, 7) is 3.28. The van der Waals surface area contributed by atoms with Gasteiger partial charge >= 0.3 is 0 Å². The third-order valence-electron chi connectivity index (χ3n) is 4.45. The van der Waals surface area contributed by atoms with Crippen molar-refractivity contribution in [2.24, 2.45) is 5.92 Å². The lowest BCUT2D eigenvalue weighted by molar-refractivity contribution is 0.0904. The van der Waals surface area contributed by atoms with E-state index in [1.165, 1.54) is 19.2 Å². The van der Waals surface area contributed by atoms with Crippen LogP contribution in [0, 0.1) is 5.92 Å². The second kappa shape index (κ2) is 5.00. The van der Waals surface area contributed by atoms with Gasteiger partial charge in [-0.1, -0.05) is 11.6 Å². The van der Waals surface area contributed by atoms with Crippen LogP contribution in [-0.4, -0.2) is 41.5 Å². The topological polar surface area (TPSA) is 58.4 Å². The molecule has 21 heavy (non-hydrogen) atoms. The minimum Gasteiger partial charge on any atom is -0.461 e. The first-order valence-electron chi connectivity index (χ1n) is 7.25. The quantitative estimate of drug-likeness (QED) is 0.925.